The minimum atomic E-state index is -1.08. The molecule has 5 nitrogen and oxygen atoms in total. The first-order chi connectivity index (χ1) is 12.9. The summed E-state index contributed by atoms with van der Waals surface area (Å²) in [5.74, 6) is -0.888. The maximum Gasteiger partial charge on any atom is 0.344 e. The van der Waals surface area contributed by atoms with E-state index in [9.17, 15) is 14.7 Å². The van der Waals surface area contributed by atoms with Crippen molar-refractivity contribution in [1.82, 2.24) is 4.90 Å². The molecular formula is C21H22ClNO4. The molecule has 1 aliphatic heterocycles. The summed E-state index contributed by atoms with van der Waals surface area (Å²) in [6, 6.07) is 11.0. The Morgan fingerprint density at radius 2 is 1.81 bits per heavy atom. The van der Waals surface area contributed by atoms with Crippen LogP contribution in [-0.4, -0.2) is 41.1 Å². The molecule has 1 heterocycles. The van der Waals surface area contributed by atoms with Gasteiger partial charge in [-0.15, -0.1) is 0 Å². The minimum Gasteiger partial charge on any atom is -0.479 e. The van der Waals surface area contributed by atoms with E-state index in [1.54, 1.807) is 17.0 Å². The zero-order valence-electron chi connectivity index (χ0n) is 15.4. The highest BCUT2D eigenvalue weighted by Crippen LogP contribution is 2.37. The number of rotatable bonds is 5. The number of hydrogen-bond acceptors (Lipinski definition) is 3. The van der Waals surface area contributed by atoms with Gasteiger partial charge >= 0.3 is 5.97 Å². The fourth-order valence-electron chi connectivity index (χ4n) is 3.23. The first-order valence-corrected chi connectivity index (χ1v) is 9.34. The van der Waals surface area contributed by atoms with Crippen LogP contribution in [0.25, 0.3) is 11.1 Å². The van der Waals surface area contributed by atoms with Crippen LogP contribution in [0.3, 0.4) is 0 Å². The zero-order chi connectivity index (χ0) is 19.6. The molecule has 1 saturated heterocycles. The summed E-state index contributed by atoms with van der Waals surface area (Å²) in [7, 11) is 0. The van der Waals surface area contributed by atoms with E-state index in [4.69, 9.17) is 16.3 Å². The summed E-state index contributed by atoms with van der Waals surface area (Å²) in [6.07, 6.45) is 0.900. The number of benzene rings is 2. The van der Waals surface area contributed by atoms with Gasteiger partial charge in [-0.25, -0.2) is 4.79 Å². The van der Waals surface area contributed by atoms with Gasteiger partial charge in [-0.3, -0.25) is 4.79 Å². The zero-order valence-corrected chi connectivity index (χ0v) is 16.1. The number of halogens is 1. The summed E-state index contributed by atoms with van der Waals surface area (Å²) in [5.41, 5.74) is 2.89. The molecule has 2 aromatic rings. The average Bonchev–Trinajstić information content (AvgIpc) is 3.17. The molecule has 1 fully saturated rings. The van der Waals surface area contributed by atoms with Crippen molar-refractivity contribution in [2.45, 2.75) is 32.8 Å². The standard InChI is InChI=1S/C21H22ClNO4/c1-13-7-3-4-8-15(13)16-11-18(22)17(20(24)23-9-5-6-10-23)12-19(16)27-14(2)21(25)26/h3-4,7-8,11-12,14H,5-6,9-10H2,1-2H3,(H,25,26)/t14-/m0/s1. The predicted octanol–water partition coefficient (Wildman–Crippen LogP) is 4.40. The van der Waals surface area contributed by atoms with Crippen LogP contribution in [-0.2, 0) is 4.79 Å². The number of carbonyl (C=O) groups is 2. The number of ether oxygens (including phenoxy) is 1. The molecule has 142 valence electrons. The topological polar surface area (TPSA) is 66.8 Å². The van der Waals surface area contributed by atoms with Gasteiger partial charge in [0.05, 0.1) is 10.6 Å². The summed E-state index contributed by atoms with van der Waals surface area (Å²) in [5, 5.41) is 9.57. The molecular weight excluding hydrogens is 366 g/mol. The molecule has 1 amide bonds. The van der Waals surface area contributed by atoms with Gasteiger partial charge in [-0.2, -0.15) is 0 Å². The molecule has 0 unspecified atom stereocenters. The Hall–Kier alpha value is -2.53. The highest BCUT2D eigenvalue weighted by molar-refractivity contribution is 6.34. The maximum atomic E-state index is 12.8. The van der Waals surface area contributed by atoms with E-state index in [0.717, 1.165) is 24.0 Å². The second kappa shape index (κ2) is 8.01. The lowest BCUT2D eigenvalue weighted by atomic mass is 9.98. The van der Waals surface area contributed by atoms with Crippen molar-refractivity contribution in [1.29, 1.82) is 0 Å². The summed E-state index contributed by atoms with van der Waals surface area (Å²) in [6.45, 7) is 4.82. The second-order valence-corrected chi connectivity index (χ2v) is 7.15. The monoisotopic (exact) mass is 387 g/mol. The number of aryl methyl sites for hydroxylation is 1. The molecule has 0 radical (unpaired) electrons. The van der Waals surface area contributed by atoms with Gasteiger partial charge in [0.25, 0.3) is 5.91 Å². The molecule has 6 heteroatoms. The fourth-order valence-corrected chi connectivity index (χ4v) is 3.48. The van der Waals surface area contributed by atoms with Crippen LogP contribution in [0.4, 0.5) is 0 Å². The molecule has 3 rings (SSSR count). The predicted molar refractivity (Wildman–Crippen MR) is 104 cm³/mol. The molecule has 0 bridgehead atoms. The van der Waals surface area contributed by atoms with Gasteiger partial charge in [-0.1, -0.05) is 35.9 Å². The number of carbonyl (C=O) groups excluding carboxylic acids is 1. The summed E-state index contributed by atoms with van der Waals surface area (Å²) < 4.78 is 5.70. The SMILES string of the molecule is Cc1ccccc1-c1cc(Cl)c(C(=O)N2CCCC2)cc1O[C@@H](C)C(=O)O. The van der Waals surface area contributed by atoms with Crippen molar-refractivity contribution in [3.8, 4) is 16.9 Å². The minimum absolute atomic E-state index is 0.151. The van der Waals surface area contributed by atoms with E-state index in [0.29, 0.717) is 35.0 Å². The fraction of sp³-hybridized carbons (Fsp3) is 0.333. The molecule has 2 aromatic carbocycles. The Morgan fingerprint density at radius 1 is 1.15 bits per heavy atom. The number of hydrogen-bond donors (Lipinski definition) is 1. The van der Waals surface area contributed by atoms with Crippen molar-refractivity contribution >= 4 is 23.5 Å². The smallest absolute Gasteiger partial charge is 0.344 e. The lowest BCUT2D eigenvalue weighted by Crippen LogP contribution is -2.28. The van der Waals surface area contributed by atoms with Crippen molar-refractivity contribution in [3.05, 3.63) is 52.5 Å². The Bertz CT molecular complexity index is 874. The average molecular weight is 388 g/mol. The van der Waals surface area contributed by atoms with Crippen LogP contribution < -0.4 is 4.74 Å². The van der Waals surface area contributed by atoms with Gasteiger partial charge in [0, 0.05) is 18.7 Å². The van der Waals surface area contributed by atoms with Crippen LogP contribution in [0.5, 0.6) is 5.75 Å². The third-order valence-corrected chi connectivity index (χ3v) is 5.09. The molecule has 1 N–H and O–H groups in total. The first-order valence-electron chi connectivity index (χ1n) is 8.96. The molecule has 0 aromatic heterocycles. The third-order valence-electron chi connectivity index (χ3n) is 4.78. The Labute approximate surface area is 163 Å². The van der Waals surface area contributed by atoms with Crippen LogP contribution in [0.1, 0.15) is 35.7 Å². The first kappa shape index (κ1) is 19.2. The lowest BCUT2D eigenvalue weighted by molar-refractivity contribution is -0.144. The quantitative estimate of drug-likeness (QED) is 0.825. The van der Waals surface area contributed by atoms with Gasteiger partial charge < -0.3 is 14.7 Å². The third kappa shape index (κ3) is 4.08. The molecule has 1 aliphatic rings. The molecule has 27 heavy (non-hydrogen) atoms. The van der Waals surface area contributed by atoms with E-state index >= 15 is 0 Å². The van der Waals surface area contributed by atoms with Gasteiger partial charge in [-0.05, 0) is 49.9 Å². The number of carboxylic acids is 1. The number of amides is 1. The van der Waals surface area contributed by atoms with Gasteiger partial charge in [0.15, 0.2) is 6.10 Å². The van der Waals surface area contributed by atoms with Crippen LogP contribution >= 0.6 is 11.6 Å². The second-order valence-electron chi connectivity index (χ2n) is 6.74. The molecule has 0 spiro atoms. The lowest BCUT2D eigenvalue weighted by Gasteiger charge is -2.20. The maximum absolute atomic E-state index is 12.8. The van der Waals surface area contributed by atoms with Crippen molar-refractivity contribution < 1.29 is 19.4 Å². The van der Waals surface area contributed by atoms with Gasteiger partial charge in [0.2, 0.25) is 0 Å². The van der Waals surface area contributed by atoms with E-state index in [-0.39, 0.29) is 5.91 Å². The van der Waals surface area contributed by atoms with E-state index in [1.807, 2.05) is 31.2 Å². The van der Waals surface area contributed by atoms with Crippen molar-refractivity contribution in [2.75, 3.05) is 13.1 Å². The molecule has 1 atom stereocenters. The molecule has 0 saturated carbocycles. The van der Waals surface area contributed by atoms with E-state index < -0.39 is 12.1 Å². The Kier molecular flexibility index (Phi) is 5.71. The van der Waals surface area contributed by atoms with Crippen LogP contribution in [0.2, 0.25) is 5.02 Å². The largest absolute Gasteiger partial charge is 0.479 e. The highest BCUT2D eigenvalue weighted by atomic mass is 35.5. The molecule has 0 aliphatic carbocycles. The van der Waals surface area contributed by atoms with Crippen LogP contribution in [0.15, 0.2) is 36.4 Å². The number of aliphatic carboxylic acids is 1. The number of nitrogens with zero attached hydrogens (tertiary/aromatic N) is 1. The summed E-state index contributed by atoms with van der Waals surface area (Å²) >= 11 is 6.46. The summed E-state index contributed by atoms with van der Waals surface area (Å²) in [4.78, 5) is 25.9. The number of likely N-dealkylation sites (tertiary alicyclic amines) is 1. The number of carboxylic acid groups (broad SMARTS) is 1. The Morgan fingerprint density at radius 3 is 2.44 bits per heavy atom. The van der Waals surface area contributed by atoms with Crippen LogP contribution in [0, 0.1) is 6.92 Å². The normalized spacial score (nSPS) is 14.9. The van der Waals surface area contributed by atoms with Gasteiger partial charge in [0.1, 0.15) is 5.75 Å². The Balaban J connectivity index is 2.09. The van der Waals surface area contributed by atoms with Crippen molar-refractivity contribution in [2.24, 2.45) is 0 Å². The van der Waals surface area contributed by atoms with E-state index in [2.05, 4.69) is 0 Å². The van der Waals surface area contributed by atoms with Crippen molar-refractivity contribution in [3.63, 3.8) is 0 Å². The highest BCUT2D eigenvalue weighted by Gasteiger charge is 2.25. The van der Waals surface area contributed by atoms with E-state index in [1.165, 1.54) is 6.92 Å².